The maximum atomic E-state index is 12.1. The molecule has 0 spiro atoms. The van der Waals surface area contributed by atoms with Gasteiger partial charge in [-0.05, 0) is 43.5 Å². The number of hydrogen-bond donors (Lipinski definition) is 1. The maximum Gasteiger partial charge on any atom is 0.321 e. The highest BCUT2D eigenvalue weighted by Crippen LogP contribution is 2.26. The van der Waals surface area contributed by atoms with E-state index < -0.39 is 0 Å². The summed E-state index contributed by atoms with van der Waals surface area (Å²) in [5, 5.41) is 3.02. The zero-order chi connectivity index (χ0) is 14.7. The molecule has 2 heterocycles. The van der Waals surface area contributed by atoms with Crippen LogP contribution in [0.3, 0.4) is 0 Å². The van der Waals surface area contributed by atoms with Crippen molar-refractivity contribution in [2.75, 3.05) is 47.9 Å². The van der Waals surface area contributed by atoms with E-state index in [0.29, 0.717) is 0 Å². The Morgan fingerprint density at radius 2 is 1.86 bits per heavy atom. The predicted molar refractivity (Wildman–Crippen MR) is 90.5 cm³/mol. The number of rotatable bonds is 2. The van der Waals surface area contributed by atoms with E-state index in [1.54, 1.807) is 0 Å². The minimum Gasteiger partial charge on any atom is -0.370 e. The maximum absolute atomic E-state index is 12.1. The molecule has 21 heavy (non-hydrogen) atoms. The molecular formula is C16H23N3OS. The van der Waals surface area contributed by atoms with Gasteiger partial charge in [-0.1, -0.05) is 0 Å². The fourth-order valence-corrected chi connectivity index (χ4v) is 3.92. The molecule has 1 aromatic rings. The van der Waals surface area contributed by atoms with E-state index in [1.807, 2.05) is 22.7 Å². The van der Waals surface area contributed by atoms with Crippen molar-refractivity contribution in [3.05, 3.63) is 23.8 Å². The summed E-state index contributed by atoms with van der Waals surface area (Å²) in [4.78, 5) is 16.5. The van der Waals surface area contributed by atoms with E-state index in [9.17, 15) is 4.79 Å². The zero-order valence-electron chi connectivity index (χ0n) is 12.6. The standard InChI is InChI=1S/C16H23N3OS/c1-13-12-14(17-16(20)19-6-2-3-7-19)4-5-15(13)18-8-10-21-11-9-18/h4-5,12H,2-3,6-11H2,1H3,(H,17,20). The van der Waals surface area contributed by atoms with E-state index in [2.05, 4.69) is 29.3 Å². The van der Waals surface area contributed by atoms with Crippen LogP contribution in [0.25, 0.3) is 0 Å². The SMILES string of the molecule is Cc1cc(NC(=O)N2CCCC2)ccc1N1CCSCC1. The van der Waals surface area contributed by atoms with Crippen molar-refractivity contribution >= 4 is 29.2 Å². The second-order valence-corrected chi connectivity index (χ2v) is 6.95. The number of anilines is 2. The first kappa shape index (κ1) is 14.6. The predicted octanol–water partition coefficient (Wildman–Crippen LogP) is 3.18. The molecule has 0 bridgehead atoms. The molecule has 3 rings (SSSR count). The highest BCUT2D eigenvalue weighted by Gasteiger charge is 2.18. The van der Waals surface area contributed by atoms with Crippen LogP contribution in [0.15, 0.2) is 18.2 Å². The Kier molecular flexibility index (Phi) is 4.58. The van der Waals surface area contributed by atoms with E-state index in [-0.39, 0.29) is 6.03 Å². The van der Waals surface area contributed by atoms with E-state index in [4.69, 9.17) is 0 Å². The Hall–Kier alpha value is -1.36. The lowest BCUT2D eigenvalue weighted by molar-refractivity contribution is 0.222. The van der Waals surface area contributed by atoms with Crippen molar-refractivity contribution in [3.8, 4) is 0 Å². The third-order valence-electron chi connectivity index (χ3n) is 4.19. The van der Waals surface area contributed by atoms with Crippen molar-refractivity contribution in [2.45, 2.75) is 19.8 Å². The van der Waals surface area contributed by atoms with Crippen LogP contribution < -0.4 is 10.2 Å². The molecule has 4 nitrogen and oxygen atoms in total. The number of nitrogens with zero attached hydrogens (tertiary/aromatic N) is 2. The molecule has 2 aliphatic heterocycles. The molecule has 2 saturated heterocycles. The number of nitrogens with one attached hydrogen (secondary N) is 1. The van der Waals surface area contributed by atoms with Gasteiger partial charge < -0.3 is 15.1 Å². The number of likely N-dealkylation sites (tertiary alicyclic amines) is 1. The van der Waals surface area contributed by atoms with Gasteiger partial charge in [0, 0.05) is 49.1 Å². The van der Waals surface area contributed by atoms with Crippen LogP contribution in [0.4, 0.5) is 16.2 Å². The molecule has 0 unspecified atom stereocenters. The molecule has 1 N–H and O–H groups in total. The summed E-state index contributed by atoms with van der Waals surface area (Å²) < 4.78 is 0. The van der Waals surface area contributed by atoms with Gasteiger partial charge in [0.25, 0.3) is 0 Å². The van der Waals surface area contributed by atoms with Crippen LogP contribution in [0.5, 0.6) is 0 Å². The highest BCUT2D eigenvalue weighted by atomic mass is 32.2. The Bertz CT molecular complexity index is 508. The van der Waals surface area contributed by atoms with Gasteiger partial charge in [-0.2, -0.15) is 11.8 Å². The molecule has 0 radical (unpaired) electrons. The van der Waals surface area contributed by atoms with Crippen LogP contribution in [0.1, 0.15) is 18.4 Å². The Balaban J connectivity index is 1.67. The third kappa shape index (κ3) is 3.46. The monoisotopic (exact) mass is 305 g/mol. The van der Waals surface area contributed by atoms with Gasteiger partial charge in [-0.25, -0.2) is 4.79 Å². The van der Waals surface area contributed by atoms with Gasteiger partial charge in [0.05, 0.1) is 0 Å². The lowest BCUT2D eigenvalue weighted by Gasteiger charge is -2.30. The average Bonchev–Trinajstić information content (AvgIpc) is 3.02. The molecule has 114 valence electrons. The van der Waals surface area contributed by atoms with E-state index in [0.717, 1.165) is 44.7 Å². The molecule has 2 aliphatic rings. The lowest BCUT2D eigenvalue weighted by atomic mass is 10.1. The first-order valence-electron chi connectivity index (χ1n) is 7.73. The first-order valence-corrected chi connectivity index (χ1v) is 8.89. The lowest BCUT2D eigenvalue weighted by Crippen LogP contribution is -2.33. The Morgan fingerprint density at radius 1 is 1.14 bits per heavy atom. The molecule has 0 atom stereocenters. The number of urea groups is 1. The van der Waals surface area contributed by atoms with Crippen molar-refractivity contribution in [1.82, 2.24) is 4.90 Å². The molecule has 0 aromatic heterocycles. The molecular weight excluding hydrogens is 282 g/mol. The van der Waals surface area contributed by atoms with Gasteiger partial charge in [0.15, 0.2) is 0 Å². The van der Waals surface area contributed by atoms with Crippen molar-refractivity contribution in [2.24, 2.45) is 0 Å². The fraction of sp³-hybridized carbons (Fsp3) is 0.562. The highest BCUT2D eigenvalue weighted by molar-refractivity contribution is 7.99. The summed E-state index contributed by atoms with van der Waals surface area (Å²) in [6.07, 6.45) is 2.25. The average molecular weight is 305 g/mol. The van der Waals surface area contributed by atoms with Crippen LogP contribution in [0, 0.1) is 6.92 Å². The molecule has 5 heteroatoms. The Morgan fingerprint density at radius 3 is 2.52 bits per heavy atom. The zero-order valence-corrected chi connectivity index (χ0v) is 13.4. The van der Waals surface area contributed by atoms with Crippen LogP contribution in [-0.2, 0) is 0 Å². The largest absolute Gasteiger partial charge is 0.370 e. The minimum absolute atomic E-state index is 0.0361. The smallest absolute Gasteiger partial charge is 0.321 e. The summed E-state index contributed by atoms with van der Waals surface area (Å²) in [6, 6.07) is 6.29. The molecule has 0 aliphatic carbocycles. The number of carbonyl (C=O) groups excluding carboxylic acids is 1. The number of carbonyl (C=O) groups is 1. The number of aryl methyl sites for hydroxylation is 1. The summed E-state index contributed by atoms with van der Waals surface area (Å²) in [5.41, 5.74) is 3.44. The van der Waals surface area contributed by atoms with Crippen LogP contribution in [0.2, 0.25) is 0 Å². The number of thioether (sulfide) groups is 1. The Labute approximate surface area is 130 Å². The summed E-state index contributed by atoms with van der Waals surface area (Å²) in [7, 11) is 0. The normalized spacial score (nSPS) is 18.9. The number of hydrogen-bond acceptors (Lipinski definition) is 3. The van der Waals surface area contributed by atoms with Gasteiger partial charge in [0.1, 0.15) is 0 Å². The van der Waals surface area contributed by atoms with Crippen molar-refractivity contribution in [3.63, 3.8) is 0 Å². The van der Waals surface area contributed by atoms with Crippen LogP contribution >= 0.6 is 11.8 Å². The van der Waals surface area contributed by atoms with Crippen molar-refractivity contribution in [1.29, 1.82) is 0 Å². The van der Waals surface area contributed by atoms with Gasteiger partial charge in [-0.3, -0.25) is 0 Å². The van der Waals surface area contributed by atoms with Crippen LogP contribution in [-0.4, -0.2) is 48.6 Å². The second-order valence-electron chi connectivity index (χ2n) is 5.72. The second kappa shape index (κ2) is 6.60. The summed E-state index contributed by atoms with van der Waals surface area (Å²) >= 11 is 2.02. The van der Waals surface area contributed by atoms with Gasteiger partial charge in [0.2, 0.25) is 0 Å². The molecule has 2 fully saturated rings. The fourth-order valence-electron chi connectivity index (χ4n) is 3.02. The minimum atomic E-state index is 0.0361. The van der Waals surface area contributed by atoms with Gasteiger partial charge in [-0.15, -0.1) is 0 Å². The first-order chi connectivity index (χ1) is 10.2. The molecule has 0 saturated carbocycles. The number of benzene rings is 1. The van der Waals surface area contributed by atoms with Crippen molar-refractivity contribution < 1.29 is 4.79 Å². The van der Waals surface area contributed by atoms with E-state index in [1.165, 1.54) is 22.8 Å². The third-order valence-corrected chi connectivity index (χ3v) is 5.14. The number of amides is 2. The topological polar surface area (TPSA) is 35.6 Å². The molecule has 2 amide bonds. The summed E-state index contributed by atoms with van der Waals surface area (Å²) in [5.74, 6) is 2.40. The quantitative estimate of drug-likeness (QED) is 0.911. The molecule has 1 aromatic carbocycles. The van der Waals surface area contributed by atoms with E-state index >= 15 is 0 Å². The van der Waals surface area contributed by atoms with Gasteiger partial charge >= 0.3 is 6.03 Å². The summed E-state index contributed by atoms with van der Waals surface area (Å²) in [6.45, 7) is 6.13.